The van der Waals surface area contributed by atoms with Gasteiger partial charge < -0.3 is 4.74 Å². The topological polar surface area (TPSA) is 50.1 Å². The van der Waals surface area contributed by atoms with Crippen molar-refractivity contribution in [2.24, 2.45) is 23.7 Å². The van der Waals surface area contributed by atoms with E-state index in [1.807, 2.05) is 0 Å². The van der Waals surface area contributed by atoms with Crippen LogP contribution in [0.5, 0.6) is 5.75 Å². The minimum absolute atomic E-state index is 0.260. The monoisotopic (exact) mass is 417 g/mol. The van der Waals surface area contributed by atoms with Gasteiger partial charge in [0.2, 0.25) is 5.82 Å². The van der Waals surface area contributed by atoms with Crippen LogP contribution in [-0.2, 0) is 4.79 Å². The molecule has 0 radical (unpaired) electrons. The van der Waals surface area contributed by atoms with Crippen molar-refractivity contribution in [3.63, 3.8) is 0 Å². The normalized spacial score (nSPS) is 26.7. The lowest BCUT2D eigenvalue weighted by Crippen LogP contribution is -2.26. The first-order valence-corrected chi connectivity index (χ1v) is 11.6. The van der Waals surface area contributed by atoms with Crippen LogP contribution in [0.3, 0.4) is 0 Å². The number of hydrogen-bond donors (Lipinski definition) is 0. The van der Waals surface area contributed by atoms with Gasteiger partial charge in [-0.15, -0.1) is 0 Å². The highest BCUT2D eigenvalue weighted by Crippen LogP contribution is 2.38. The number of carbonyl (C=O) groups is 1. The molecule has 2 saturated carbocycles. The first-order chi connectivity index (χ1) is 14.5. The van der Waals surface area contributed by atoms with E-state index in [0.29, 0.717) is 5.92 Å². The molecule has 1 aromatic carbocycles. The van der Waals surface area contributed by atoms with Gasteiger partial charge in [0.05, 0.1) is 11.5 Å². The Kier molecular flexibility index (Phi) is 8.24. The Labute approximate surface area is 178 Å². The lowest BCUT2D eigenvalue weighted by molar-refractivity contribution is -0.140. The third kappa shape index (κ3) is 5.80. The van der Waals surface area contributed by atoms with Crippen molar-refractivity contribution in [1.82, 2.24) is 0 Å². The van der Waals surface area contributed by atoms with Gasteiger partial charge in [-0.1, -0.05) is 58.3 Å². The molecule has 2 fully saturated rings. The number of esters is 1. The largest absolute Gasteiger partial charge is 0.423 e. The molecule has 0 N–H and O–H groups in total. The number of benzene rings is 1. The number of hydrogen-bond acceptors (Lipinski definition) is 3. The van der Waals surface area contributed by atoms with Gasteiger partial charge in [-0.25, -0.2) is 4.39 Å². The zero-order chi connectivity index (χ0) is 21.5. The summed E-state index contributed by atoms with van der Waals surface area (Å²) in [4.78, 5) is 12.4. The van der Waals surface area contributed by atoms with Crippen molar-refractivity contribution in [2.45, 2.75) is 84.0 Å². The molecule has 0 aromatic heterocycles. The van der Waals surface area contributed by atoms with Crippen LogP contribution >= 0.6 is 0 Å². The van der Waals surface area contributed by atoms with Crippen LogP contribution in [0.15, 0.2) is 12.1 Å². The Bertz CT molecular complexity index is 757. The molecule has 3 nitrogen and oxygen atoms in total. The second-order valence-corrected chi connectivity index (χ2v) is 9.24. The number of carbonyl (C=O) groups excluding carboxylic acids is 1. The van der Waals surface area contributed by atoms with Crippen LogP contribution in [0, 0.1) is 46.6 Å². The van der Waals surface area contributed by atoms with Gasteiger partial charge >= 0.3 is 5.97 Å². The van der Waals surface area contributed by atoms with Crippen LogP contribution < -0.4 is 4.74 Å². The number of nitriles is 1. The third-order valence-corrected chi connectivity index (χ3v) is 7.20. The molecule has 3 rings (SSSR count). The first kappa shape index (κ1) is 22.7. The summed E-state index contributed by atoms with van der Waals surface area (Å²) in [6.45, 7) is 2.28. The maximum absolute atomic E-state index is 14.0. The van der Waals surface area contributed by atoms with E-state index < -0.39 is 28.9 Å². The highest BCUT2D eigenvalue weighted by Gasteiger charge is 2.29. The lowest BCUT2D eigenvalue weighted by Gasteiger charge is -2.31. The summed E-state index contributed by atoms with van der Waals surface area (Å²) >= 11 is 0. The fourth-order valence-corrected chi connectivity index (χ4v) is 5.26. The number of rotatable bonds is 7. The molecule has 0 aliphatic heterocycles. The van der Waals surface area contributed by atoms with Crippen molar-refractivity contribution in [1.29, 1.82) is 5.26 Å². The number of nitrogens with zero attached hydrogens (tertiary/aromatic N) is 1. The van der Waals surface area contributed by atoms with Crippen molar-refractivity contribution in [3.8, 4) is 11.8 Å². The van der Waals surface area contributed by atoms with Gasteiger partial charge in [0.1, 0.15) is 6.07 Å². The van der Waals surface area contributed by atoms with Crippen molar-refractivity contribution in [3.05, 3.63) is 29.3 Å². The minimum atomic E-state index is -1.27. The quantitative estimate of drug-likeness (QED) is 0.357. The molecule has 0 saturated heterocycles. The summed E-state index contributed by atoms with van der Waals surface area (Å²) in [5.41, 5.74) is -0.397. The molecule has 0 amide bonds. The van der Waals surface area contributed by atoms with E-state index in [0.717, 1.165) is 49.7 Å². The first-order valence-electron chi connectivity index (χ1n) is 11.6. The van der Waals surface area contributed by atoms with E-state index in [9.17, 15) is 13.6 Å². The average Bonchev–Trinajstić information content (AvgIpc) is 2.77. The van der Waals surface area contributed by atoms with E-state index in [-0.39, 0.29) is 5.92 Å². The molecule has 0 bridgehead atoms. The van der Waals surface area contributed by atoms with Crippen LogP contribution in [0.1, 0.15) is 89.5 Å². The number of ether oxygens (including phenoxy) is 1. The zero-order valence-corrected chi connectivity index (χ0v) is 18.0. The van der Waals surface area contributed by atoms with E-state index in [4.69, 9.17) is 10.00 Å². The minimum Gasteiger partial charge on any atom is -0.423 e. The predicted molar refractivity (Wildman–Crippen MR) is 112 cm³/mol. The molecular weight excluding hydrogens is 384 g/mol. The second kappa shape index (κ2) is 10.9. The molecular formula is C25H33F2NO2. The highest BCUT2D eigenvalue weighted by atomic mass is 19.2. The Morgan fingerprint density at radius 3 is 2.00 bits per heavy atom. The number of halogens is 2. The Morgan fingerprint density at radius 1 is 0.933 bits per heavy atom. The zero-order valence-electron chi connectivity index (χ0n) is 18.0. The van der Waals surface area contributed by atoms with Gasteiger partial charge in [0, 0.05) is 0 Å². The predicted octanol–water partition coefficient (Wildman–Crippen LogP) is 6.93. The SMILES string of the molecule is CCCC1CCC(CCC2CCC(C(=O)Oc3ccc(C#N)c(F)c3F)CC2)CC1. The summed E-state index contributed by atoms with van der Waals surface area (Å²) in [7, 11) is 0. The fraction of sp³-hybridized carbons (Fsp3) is 0.680. The van der Waals surface area contributed by atoms with Crippen LogP contribution in [-0.4, -0.2) is 5.97 Å². The van der Waals surface area contributed by atoms with Crippen LogP contribution in [0.2, 0.25) is 0 Å². The Hall–Kier alpha value is -1.96. The molecule has 0 spiro atoms. The molecule has 0 heterocycles. The Morgan fingerprint density at radius 2 is 1.47 bits per heavy atom. The summed E-state index contributed by atoms with van der Waals surface area (Å²) in [5.74, 6) is -1.25. The smallest absolute Gasteiger partial charge is 0.314 e. The standard InChI is InChI=1S/C25H33F2NO2/c1-2-3-17-4-6-18(7-5-17)8-9-19-10-12-20(13-11-19)25(29)30-22-15-14-21(16-28)23(26)24(22)27/h14-15,17-20H,2-13H2,1H3. The van der Waals surface area contributed by atoms with E-state index in [2.05, 4.69) is 6.92 Å². The van der Waals surface area contributed by atoms with Gasteiger partial charge in [-0.2, -0.15) is 9.65 Å². The molecule has 2 aliphatic rings. The van der Waals surface area contributed by atoms with Gasteiger partial charge in [0.25, 0.3) is 0 Å². The molecule has 2 aliphatic carbocycles. The summed E-state index contributed by atoms with van der Waals surface area (Å²) in [6.07, 6.45) is 14.2. The average molecular weight is 418 g/mol. The van der Waals surface area contributed by atoms with Crippen molar-refractivity contribution >= 4 is 5.97 Å². The van der Waals surface area contributed by atoms with E-state index in [1.165, 1.54) is 51.4 Å². The molecule has 5 heteroatoms. The summed E-state index contributed by atoms with van der Waals surface area (Å²) in [6, 6.07) is 3.85. The lowest BCUT2D eigenvalue weighted by atomic mass is 9.75. The fourth-order valence-electron chi connectivity index (χ4n) is 5.26. The van der Waals surface area contributed by atoms with E-state index >= 15 is 0 Å². The molecule has 30 heavy (non-hydrogen) atoms. The summed E-state index contributed by atoms with van der Waals surface area (Å²) in [5, 5.41) is 8.74. The third-order valence-electron chi connectivity index (χ3n) is 7.20. The van der Waals surface area contributed by atoms with Crippen molar-refractivity contribution in [2.75, 3.05) is 0 Å². The van der Waals surface area contributed by atoms with Gasteiger partial charge in [-0.05, 0) is 55.6 Å². The summed E-state index contributed by atoms with van der Waals surface area (Å²) < 4.78 is 32.8. The molecule has 1 aromatic rings. The van der Waals surface area contributed by atoms with Crippen LogP contribution in [0.25, 0.3) is 0 Å². The van der Waals surface area contributed by atoms with E-state index in [1.54, 1.807) is 6.07 Å². The maximum Gasteiger partial charge on any atom is 0.314 e. The van der Waals surface area contributed by atoms with Crippen LogP contribution in [0.4, 0.5) is 8.78 Å². The second-order valence-electron chi connectivity index (χ2n) is 9.24. The molecule has 0 atom stereocenters. The highest BCUT2D eigenvalue weighted by molar-refractivity contribution is 5.75. The maximum atomic E-state index is 14.0. The van der Waals surface area contributed by atoms with Crippen molar-refractivity contribution < 1.29 is 18.3 Å². The van der Waals surface area contributed by atoms with Gasteiger partial charge in [-0.3, -0.25) is 4.79 Å². The molecule has 0 unspecified atom stereocenters. The van der Waals surface area contributed by atoms with Gasteiger partial charge in [0.15, 0.2) is 11.6 Å². The molecule has 164 valence electrons. The Balaban J connectivity index is 1.40.